The Bertz CT molecular complexity index is 854. The van der Waals surface area contributed by atoms with E-state index in [9.17, 15) is 4.79 Å². The predicted molar refractivity (Wildman–Crippen MR) is 115 cm³/mol. The van der Waals surface area contributed by atoms with Gasteiger partial charge in [0, 0.05) is 17.3 Å². The van der Waals surface area contributed by atoms with E-state index < -0.39 is 5.97 Å². The molecule has 148 valence electrons. The zero-order valence-corrected chi connectivity index (χ0v) is 17.8. The van der Waals surface area contributed by atoms with E-state index >= 15 is 0 Å². The maximum atomic E-state index is 11.7. The molecular formula is C25H31NO2. The number of carbonyl (C=O) groups excluding carboxylic acids is 1. The van der Waals surface area contributed by atoms with E-state index in [1.807, 2.05) is 0 Å². The molecule has 0 saturated carbocycles. The number of rotatable bonds is 7. The maximum absolute atomic E-state index is 11.7. The number of hydrogen-bond acceptors (Lipinski definition) is 3. The Kier molecular flexibility index (Phi) is 7.81. The molecule has 28 heavy (non-hydrogen) atoms. The number of ether oxygens (including phenoxy) is 1. The molecule has 0 unspecified atom stereocenters. The lowest BCUT2D eigenvalue weighted by molar-refractivity contribution is 0.0519. The highest BCUT2D eigenvalue weighted by atomic mass is 16.5. The molecule has 1 aromatic carbocycles. The van der Waals surface area contributed by atoms with Crippen LogP contribution in [0.2, 0.25) is 0 Å². The van der Waals surface area contributed by atoms with Gasteiger partial charge in [-0.3, -0.25) is 0 Å². The number of aromatic nitrogens is 1. The summed E-state index contributed by atoms with van der Waals surface area (Å²) in [6.07, 6.45) is 6.25. The van der Waals surface area contributed by atoms with Crippen molar-refractivity contribution in [1.29, 1.82) is 0 Å². The van der Waals surface area contributed by atoms with Crippen molar-refractivity contribution >= 4 is 5.97 Å². The number of benzene rings is 1. The summed E-state index contributed by atoms with van der Waals surface area (Å²) in [4.78, 5) is 15.8. The van der Waals surface area contributed by atoms with E-state index in [0.29, 0.717) is 12.3 Å². The van der Waals surface area contributed by atoms with Gasteiger partial charge in [-0.1, -0.05) is 58.4 Å². The summed E-state index contributed by atoms with van der Waals surface area (Å²) in [5.74, 6) is 6.00. The Morgan fingerprint density at radius 3 is 2.39 bits per heavy atom. The first kappa shape index (κ1) is 21.7. The van der Waals surface area contributed by atoms with Crippen LogP contribution in [-0.2, 0) is 16.6 Å². The normalized spacial score (nSPS) is 10.9. The van der Waals surface area contributed by atoms with Crippen molar-refractivity contribution in [3.8, 4) is 11.8 Å². The van der Waals surface area contributed by atoms with E-state index in [4.69, 9.17) is 4.74 Å². The molecule has 0 aliphatic rings. The Labute approximate surface area is 169 Å². The molecule has 0 atom stereocenters. The fraction of sp³-hybridized carbons (Fsp3) is 0.440. The Morgan fingerprint density at radius 2 is 1.79 bits per heavy atom. The molecule has 0 saturated heterocycles. The van der Waals surface area contributed by atoms with Gasteiger partial charge in [-0.05, 0) is 60.6 Å². The van der Waals surface area contributed by atoms with E-state index in [1.165, 1.54) is 30.4 Å². The third-order valence-electron chi connectivity index (χ3n) is 4.97. The second-order valence-electron chi connectivity index (χ2n) is 7.62. The first-order chi connectivity index (χ1) is 13.4. The van der Waals surface area contributed by atoms with Crippen LogP contribution in [-0.4, -0.2) is 17.6 Å². The van der Waals surface area contributed by atoms with Crippen molar-refractivity contribution in [2.24, 2.45) is 0 Å². The van der Waals surface area contributed by atoms with E-state index in [2.05, 4.69) is 62.7 Å². The molecule has 1 heterocycles. The van der Waals surface area contributed by atoms with Crippen LogP contribution in [0.1, 0.15) is 86.6 Å². The molecule has 0 amide bonds. The highest BCUT2D eigenvalue weighted by Crippen LogP contribution is 2.32. The summed E-state index contributed by atoms with van der Waals surface area (Å²) in [6, 6.07) is 9.99. The van der Waals surface area contributed by atoms with E-state index in [0.717, 1.165) is 17.5 Å². The lowest BCUT2D eigenvalue weighted by atomic mass is 9.77. The molecule has 1 aromatic heterocycles. The van der Waals surface area contributed by atoms with Crippen LogP contribution in [0, 0.1) is 11.8 Å². The van der Waals surface area contributed by atoms with Crippen LogP contribution < -0.4 is 0 Å². The molecule has 2 aromatic rings. The van der Waals surface area contributed by atoms with Gasteiger partial charge in [0.2, 0.25) is 0 Å². The summed E-state index contributed by atoms with van der Waals surface area (Å²) < 4.78 is 4.95. The number of carbonyl (C=O) groups is 1. The molecule has 0 bridgehead atoms. The Balaban J connectivity index is 2.26. The van der Waals surface area contributed by atoms with Crippen LogP contribution in [0.15, 0.2) is 36.5 Å². The minimum atomic E-state index is -0.406. The molecule has 2 rings (SSSR count). The maximum Gasteiger partial charge on any atom is 0.356 e. The molecule has 0 spiro atoms. The lowest BCUT2D eigenvalue weighted by Crippen LogP contribution is -2.19. The second-order valence-corrected chi connectivity index (χ2v) is 7.62. The summed E-state index contributed by atoms with van der Waals surface area (Å²) >= 11 is 0. The van der Waals surface area contributed by atoms with Gasteiger partial charge in [-0.2, -0.15) is 0 Å². The molecule has 3 heteroatoms. The Morgan fingerprint density at radius 1 is 1.07 bits per heavy atom. The molecule has 0 radical (unpaired) electrons. The first-order valence-electron chi connectivity index (χ1n) is 10.2. The Hall–Kier alpha value is -2.60. The number of esters is 1. The van der Waals surface area contributed by atoms with Gasteiger partial charge < -0.3 is 4.74 Å². The number of hydrogen-bond donors (Lipinski definition) is 0. The standard InChI is InChI=1S/C25H31NO2/c1-6-9-16-25(4,5)22-17-19(12-14-21(22)7-2)10-11-20-13-15-23(26-18-20)24(27)28-8-3/h12-15,17-18H,6-9,16H2,1-5H3. The highest BCUT2D eigenvalue weighted by Gasteiger charge is 2.22. The topological polar surface area (TPSA) is 39.2 Å². The predicted octanol–water partition coefficient (Wildman–Crippen LogP) is 5.69. The van der Waals surface area contributed by atoms with Crippen molar-refractivity contribution < 1.29 is 9.53 Å². The van der Waals surface area contributed by atoms with Crippen LogP contribution in [0.3, 0.4) is 0 Å². The van der Waals surface area contributed by atoms with Gasteiger partial charge in [0.05, 0.1) is 6.61 Å². The number of unbranched alkanes of at least 4 members (excludes halogenated alkanes) is 1. The number of nitrogens with zero attached hydrogens (tertiary/aromatic N) is 1. The molecule has 0 fully saturated rings. The third-order valence-corrected chi connectivity index (χ3v) is 4.97. The summed E-state index contributed by atoms with van der Waals surface area (Å²) in [6.45, 7) is 11.2. The van der Waals surface area contributed by atoms with Crippen molar-refractivity contribution in [1.82, 2.24) is 4.98 Å². The monoisotopic (exact) mass is 377 g/mol. The van der Waals surface area contributed by atoms with E-state index in [1.54, 1.807) is 25.3 Å². The van der Waals surface area contributed by atoms with Crippen molar-refractivity contribution in [3.63, 3.8) is 0 Å². The fourth-order valence-electron chi connectivity index (χ4n) is 3.28. The van der Waals surface area contributed by atoms with E-state index in [-0.39, 0.29) is 5.41 Å². The van der Waals surface area contributed by atoms with Gasteiger partial charge in [0.25, 0.3) is 0 Å². The summed E-state index contributed by atoms with van der Waals surface area (Å²) in [5.41, 5.74) is 5.02. The van der Waals surface area contributed by atoms with Gasteiger partial charge in [0.15, 0.2) is 0 Å². The number of pyridine rings is 1. The largest absolute Gasteiger partial charge is 0.461 e. The zero-order valence-electron chi connectivity index (χ0n) is 17.8. The van der Waals surface area contributed by atoms with Crippen molar-refractivity contribution in [2.45, 2.75) is 65.7 Å². The van der Waals surface area contributed by atoms with Crippen LogP contribution in [0.4, 0.5) is 0 Å². The fourth-order valence-corrected chi connectivity index (χ4v) is 3.28. The van der Waals surface area contributed by atoms with Gasteiger partial charge in [0.1, 0.15) is 5.69 Å². The molecular weight excluding hydrogens is 346 g/mol. The van der Waals surface area contributed by atoms with Crippen molar-refractivity contribution in [2.75, 3.05) is 6.61 Å². The second kappa shape index (κ2) is 10.1. The average Bonchev–Trinajstić information content (AvgIpc) is 2.71. The van der Waals surface area contributed by atoms with Gasteiger partial charge in [-0.25, -0.2) is 9.78 Å². The molecule has 3 nitrogen and oxygen atoms in total. The molecule has 0 aliphatic carbocycles. The zero-order chi connectivity index (χ0) is 20.6. The van der Waals surface area contributed by atoms with Crippen molar-refractivity contribution in [3.05, 3.63) is 64.5 Å². The van der Waals surface area contributed by atoms with Crippen LogP contribution in [0.25, 0.3) is 0 Å². The first-order valence-corrected chi connectivity index (χ1v) is 10.2. The summed E-state index contributed by atoms with van der Waals surface area (Å²) in [7, 11) is 0. The molecule has 0 aliphatic heterocycles. The van der Waals surface area contributed by atoms with Gasteiger partial charge in [-0.15, -0.1) is 0 Å². The summed E-state index contributed by atoms with van der Waals surface area (Å²) in [5, 5.41) is 0. The quantitative estimate of drug-likeness (QED) is 0.460. The average molecular weight is 378 g/mol. The highest BCUT2D eigenvalue weighted by molar-refractivity contribution is 5.87. The lowest BCUT2D eigenvalue weighted by Gasteiger charge is -2.28. The third kappa shape index (κ3) is 5.70. The molecule has 0 N–H and O–H groups in total. The van der Waals surface area contributed by atoms with Gasteiger partial charge >= 0.3 is 5.97 Å². The minimum absolute atomic E-state index is 0.141. The SMILES string of the molecule is CCCCC(C)(C)c1cc(C#Cc2ccc(C(=O)OCC)nc2)ccc1CC. The van der Waals surface area contributed by atoms with Crippen LogP contribution >= 0.6 is 0 Å². The smallest absolute Gasteiger partial charge is 0.356 e. The minimum Gasteiger partial charge on any atom is -0.461 e. The number of aryl methyl sites for hydroxylation is 1. The van der Waals surface area contributed by atoms with Crippen LogP contribution in [0.5, 0.6) is 0 Å².